The molecule has 0 saturated carbocycles. The summed E-state index contributed by atoms with van der Waals surface area (Å²) >= 11 is 3.40. The normalized spacial score (nSPS) is 14.2. The van der Waals surface area contributed by atoms with Gasteiger partial charge in [0.2, 0.25) is 13.1 Å². The van der Waals surface area contributed by atoms with Crippen molar-refractivity contribution in [3.63, 3.8) is 0 Å². The summed E-state index contributed by atoms with van der Waals surface area (Å²) in [5.74, 6) is 4.13. The van der Waals surface area contributed by atoms with E-state index < -0.39 is 7.25 Å². The number of benzene rings is 1. The van der Waals surface area contributed by atoms with Crippen LogP contribution in [0, 0.1) is 12.3 Å². The number of rotatable bonds is 2. The van der Waals surface area contributed by atoms with Crippen LogP contribution in [0.2, 0.25) is 0 Å². The first-order chi connectivity index (χ1) is 9.70. The molecular weight excluding hydrogens is 353 g/mol. The van der Waals surface area contributed by atoms with Crippen LogP contribution < -0.4 is 0 Å². The van der Waals surface area contributed by atoms with Gasteiger partial charge < -0.3 is 22.0 Å². The maximum atomic E-state index is 9.75. The van der Waals surface area contributed by atoms with Gasteiger partial charge in [-0.05, 0) is 30.2 Å². The van der Waals surface area contributed by atoms with Gasteiger partial charge in [0, 0.05) is 4.47 Å². The monoisotopic (exact) mass is 363 g/mol. The fraction of sp³-hybridized carbons (Fsp3) is 0.154. The summed E-state index contributed by atoms with van der Waals surface area (Å²) in [6.07, 6.45) is 5.32. The molecule has 1 aromatic rings. The lowest BCUT2D eigenvalue weighted by Crippen LogP contribution is -2.17. The van der Waals surface area contributed by atoms with Gasteiger partial charge in [-0.1, -0.05) is 22.5 Å². The van der Waals surface area contributed by atoms with Crippen LogP contribution in [0.15, 0.2) is 41.1 Å². The van der Waals surface area contributed by atoms with Crippen LogP contribution in [-0.2, 0) is 4.74 Å². The lowest BCUT2D eigenvalue weighted by molar-refractivity contribution is -0.501. The topological polar surface area (TPSA) is 12.2 Å². The lowest BCUT2D eigenvalue weighted by atomic mass is 10.2. The van der Waals surface area contributed by atoms with Gasteiger partial charge in [0.25, 0.3) is 0 Å². The number of nitrogens with zero attached hydrogens (tertiary/aromatic N) is 1. The summed E-state index contributed by atoms with van der Waals surface area (Å²) in [7, 11) is -6.00. The minimum absolute atomic E-state index is 0.532. The Bertz CT molecular complexity index is 584. The van der Waals surface area contributed by atoms with Crippen LogP contribution in [0.4, 0.5) is 17.3 Å². The Morgan fingerprint density at radius 2 is 1.81 bits per heavy atom. The van der Waals surface area contributed by atoms with Crippen molar-refractivity contribution in [1.29, 1.82) is 0 Å². The first-order valence-corrected chi connectivity index (χ1v) is 6.54. The molecule has 2 rings (SSSR count). The minimum atomic E-state index is -6.00. The molecule has 8 heteroatoms. The van der Waals surface area contributed by atoms with Gasteiger partial charge in [-0.3, -0.25) is 0 Å². The molecule has 1 aliphatic rings. The van der Waals surface area contributed by atoms with Gasteiger partial charge in [-0.2, -0.15) is 4.58 Å². The van der Waals surface area contributed by atoms with Crippen molar-refractivity contribution < 1.29 is 26.6 Å². The van der Waals surface area contributed by atoms with Crippen molar-refractivity contribution >= 4 is 29.1 Å². The Kier molecular flexibility index (Phi) is 6.03. The fourth-order valence-electron chi connectivity index (χ4n) is 1.59. The average Bonchev–Trinajstić information content (AvgIpc) is 2.70. The molecule has 21 heavy (non-hydrogen) atoms. The third kappa shape index (κ3) is 6.49. The van der Waals surface area contributed by atoms with Crippen molar-refractivity contribution in [3.05, 3.63) is 46.6 Å². The maximum absolute atomic E-state index is 9.75. The Morgan fingerprint density at radius 3 is 2.29 bits per heavy atom. The maximum Gasteiger partial charge on any atom is 0.673 e. The largest absolute Gasteiger partial charge is 0.673 e. The van der Waals surface area contributed by atoms with Gasteiger partial charge in [-0.25, -0.2) is 0 Å². The molecule has 2 nitrogen and oxygen atoms in total. The van der Waals surface area contributed by atoms with Gasteiger partial charge in [0.05, 0.1) is 5.56 Å². The summed E-state index contributed by atoms with van der Waals surface area (Å²) in [5, 5.41) is 0. The summed E-state index contributed by atoms with van der Waals surface area (Å²) < 4.78 is 47.6. The highest BCUT2D eigenvalue weighted by atomic mass is 79.9. The molecule has 1 aromatic carbocycles. The van der Waals surface area contributed by atoms with Gasteiger partial charge >= 0.3 is 13.2 Å². The van der Waals surface area contributed by atoms with E-state index in [0.717, 1.165) is 21.7 Å². The first kappa shape index (κ1) is 17.3. The van der Waals surface area contributed by atoms with E-state index in [1.54, 1.807) is 0 Å². The van der Waals surface area contributed by atoms with Crippen molar-refractivity contribution in [3.8, 4) is 12.3 Å². The van der Waals surface area contributed by atoms with Gasteiger partial charge in [-0.15, -0.1) is 6.42 Å². The Morgan fingerprint density at radius 1 is 1.29 bits per heavy atom. The zero-order chi connectivity index (χ0) is 16.0. The molecule has 1 heterocycles. The number of ether oxygens (including phenoxy) is 1. The Labute approximate surface area is 128 Å². The third-order valence-electron chi connectivity index (χ3n) is 2.27. The lowest BCUT2D eigenvalue weighted by Gasteiger charge is -1.98. The van der Waals surface area contributed by atoms with Gasteiger partial charge in [0.1, 0.15) is 0 Å². The zero-order valence-electron chi connectivity index (χ0n) is 10.8. The zero-order valence-corrected chi connectivity index (χ0v) is 12.4. The second-order valence-electron chi connectivity index (χ2n) is 4.01. The molecule has 112 valence electrons. The molecular formula is C13H11BBrF4NO. The second-order valence-corrected chi connectivity index (χ2v) is 4.92. The molecule has 0 fully saturated rings. The molecule has 0 aliphatic carbocycles. The number of terminal acetylenes is 1. The molecule has 0 saturated heterocycles. The molecule has 0 radical (unpaired) electrons. The Balaban J connectivity index is 0.000000383. The predicted molar refractivity (Wildman–Crippen MR) is 77.5 cm³/mol. The van der Waals surface area contributed by atoms with Crippen LogP contribution >= 0.6 is 15.9 Å². The molecule has 1 aliphatic heterocycles. The van der Waals surface area contributed by atoms with E-state index in [1.807, 2.05) is 28.8 Å². The number of hydrogen-bond acceptors (Lipinski definition) is 1. The molecule has 0 bridgehead atoms. The summed E-state index contributed by atoms with van der Waals surface area (Å²) in [6.45, 7) is 5.01. The quantitative estimate of drug-likeness (QED) is 0.338. The summed E-state index contributed by atoms with van der Waals surface area (Å²) in [6, 6.07) is 7.92. The molecule has 0 amide bonds. The highest BCUT2D eigenvalue weighted by Gasteiger charge is 2.28. The summed E-state index contributed by atoms with van der Waals surface area (Å²) in [5.41, 5.74) is 1.01. The molecule has 0 spiro atoms. The van der Waals surface area contributed by atoms with Crippen molar-refractivity contribution in [2.45, 2.75) is 0 Å². The number of halogens is 5. The highest BCUT2D eigenvalue weighted by molar-refractivity contribution is 9.10. The van der Waals surface area contributed by atoms with Crippen LogP contribution in [0.5, 0.6) is 0 Å². The molecule has 0 unspecified atom stereocenters. The molecule has 0 N–H and O–H groups in total. The van der Waals surface area contributed by atoms with Crippen molar-refractivity contribution in [2.75, 3.05) is 13.1 Å². The van der Waals surface area contributed by atoms with Crippen LogP contribution in [-0.4, -0.2) is 30.8 Å². The van der Waals surface area contributed by atoms with E-state index in [1.165, 1.54) is 0 Å². The predicted octanol–water partition coefficient (Wildman–Crippen LogP) is 3.69. The van der Waals surface area contributed by atoms with E-state index in [4.69, 9.17) is 11.2 Å². The average molecular weight is 364 g/mol. The van der Waals surface area contributed by atoms with E-state index >= 15 is 0 Å². The van der Waals surface area contributed by atoms with Crippen LogP contribution in [0.1, 0.15) is 5.56 Å². The van der Waals surface area contributed by atoms with E-state index in [0.29, 0.717) is 13.1 Å². The smallest absolute Gasteiger partial charge is 0.418 e. The van der Waals surface area contributed by atoms with E-state index in [2.05, 4.69) is 28.4 Å². The van der Waals surface area contributed by atoms with E-state index in [-0.39, 0.29) is 0 Å². The van der Waals surface area contributed by atoms with E-state index in [9.17, 15) is 17.3 Å². The van der Waals surface area contributed by atoms with Crippen molar-refractivity contribution in [1.82, 2.24) is 0 Å². The standard InChI is InChI=1S/C13H11BrNO.BF4/c1-3-8-15-9-10(2)16-13(15)11-4-6-12(14)7-5-11;2-1(3,4)5/h1,4-7H,2,8-9H2;/q+1;-1. The molecule has 0 aromatic heterocycles. The summed E-state index contributed by atoms with van der Waals surface area (Å²) in [4.78, 5) is 0. The fourth-order valence-corrected chi connectivity index (χ4v) is 1.85. The van der Waals surface area contributed by atoms with Crippen LogP contribution in [0.25, 0.3) is 0 Å². The van der Waals surface area contributed by atoms with Crippen molar-refractivity contribution in [2.24, 2.45) is 0 Å². The minimum Gasteiger partial charge on any atom is -0.418 e. The highest BCUT2D eigenvalue weighted by Crippen LogP contribution is 2.16. The molecule has 0 atom stereocenters. The Hall–Kier alpha value is -1.75. The second kappa shape index (κ2) is 7.32. The van der Waals surface area contributed by atoms with Crippen LogP contribution in [0.3, 0.4) is 0 Å². The third-order valence-corrected chi connectivity index (χ3v) is 2.80. The first-order valence-electron chi connectivity index (χ1n) is 5.75. The number of hydrogen-bond donors (Lipinski definition) is 0. The SMILES string of the molecule is C#CC[N+]1=C(c2ccc(Br)cc2)OC(=C)C1.F[B-](F)(F)F. The van der Waals surface area contributed by atoms with Gasteiger partial charge in [0.15, 0.2) is 5.76 Å².